The van der Waals surface area contributed by atoms with Crippen molar-refractivity contribution < 1.29 is 5.11 Å². The number of hydrogen-bond donors (Lipinski definition) is 2. The van der Waals surface area contributed by atoms with E-state index in [0.29, 0.717) is 11.2 Å². The topological polar surface area (TPSA) is 89.8 Å². The molecule has 0 aromatic carbocycles. The van der Waals surface area contributed by atoms with Gasteiger partial charge in [0.2, 0.25) is 5.95 Å². The van der Waals surface area contributed by atoms with Crippen LogP contribution >= 0.6 is 11.6 Å². The van der Waals surface area contributed by atoms with Crippen LogP contribution in [0.2, 0.25) is 5.15 Å². The molecule has 1 aliphatic rings. The molecule has 6 nitrogen and oxygen atoms in total. The van der Waals surface area contributed by atoms with E-state index in [1.165, 1.54) is 5.57 Å². The highest BCUT2D eigenvalue weighted by atomic mass is 35.5. The van der Waals surface area contributed by atoms with Crippen LogP contribution < -0.4 is 5.73 Å². The molecule has 7 heteroatoms. The Morgan fingerprint density at radius 1 is 1.53 bits per heavy atom. The summed E-state index contributed by atoms with van der Waals surface area (Å²) in [6.45, 7) is 2.16. The molecule has 3 rings (SSSR count). The van der Waals surface area contributed by atoms with E-state index in [0.717, 1.165) is 6.42 Å². The normalized spacial score (nSPS) is 23.0. The highest BCUT2D eigenvalue weighted by molar-refractivity contribution is 6.33. The van der Waals surface area contributed by atoms with Crippen molar-refractivity contribution in [3.63, 3.8) is 0 Å². The molecule has 2 aromatic heterocycles. The lowest BCUT2D eigenvalue weighted by molar-refractivity contribution is 0.202. The minimum absolute atomic E-state index is 0.0420. The first kappa shape index (κ1) is 12.4. The molecule has 2 atom stereocenters. The van der Waals surface area contributed by atoms with Gasteiger partial charge in [-0.3, -0.25) is 0 Å². The van der Waals surface area contributed by atoms with Gasteiger partial charge < -0.3 is 15.4 Å². The SMILES string of the molecule is CC1=CC[C@H](CO)[C@@H]1n1cnc2c(Cl)nc(N)nc21. The molecule has 2 aromatic rings. The fourth-order valence-electron chi connectivity index (χ4n) is 2.68. The number of allylic oxidation sites excluding steroid dienone is 2. The zero-order valence-electron chi connectivity index (χ0n) is 10.4. The summed E-state index contributed by atoms with van der Waals surface area (Å²) in [6, 6.07) is 0.0420. The lowest BCUT2D eigenvalue weighted by atomic mass is 10.0. The van der Waals surface area contributed by atoms with Crippen molar-refractivity contribution in [1.29, 1.82) is 0 Å². The highest BCUT2D eigenvalue weighted by Gasteiger charge is 2.30. The molecule has 0 unspecified atom stereocenters. The third kappa shape index (κ3) is 1.87. The van der Waals surface area contributed by atoms with Gasteiger partial charge in [-0.2, -0.15) is 9.97 Å². The Morgan fingerprint density at radius 3 is 3.05 bits per heavy atom. The smallest absolute Gasteiger partial charge is 0.223 e. The maximum Gasteiger partial charge on any atom is 0.223 e. The Morgan fingerprint density at radius 2 is 2.32 bits per heavy atom. The molecular weight excluding hydrogens is 266 g/mol. The number of nitrogens with zero attached hydrogens (tertiary/aromatic N) is 4. The molecule has 3 N–H and O–H groups in total. The van der Waals surface area contributed by atoms with E-state index < -0.39 is 0 Å². The van der Waals surface area contributed by atoms with Crippen LogP contribution in [0.25, 0.3) is 11.2 Å². The van der Waals surface area contributed by atoms with E-state index in [-0.39, 0.29) is 29.7 Å². The Kier molecular flexibility index (Phi) is 2.91. The van der Waals surface area contributed by atoms with Crippen LogP contribution in [-0.2, 0) is 0 Å². The third-order valence-electron chi connectivity index (χ3n) is 3.59. The van der Waals surface area contributed by atoms with E-state index in [4.69, 9.17) is 17.3 Å². The predicted octanol–water partition coefficient (Wildman–Crippen LogP) is 1.56. The van der Waals surface area contributed by atoms with Crippen LogP contribution in [0.5, 0.6) is 0 Å². The van der Waals surface area contributed by atoms with Crippen LogP contribution in [0.3, 0.4) is 0 Å². The largest absolute Gasteiger partial charge is 0.396 e. The summed E-state index contributed by atoms with van der Waals surface area (Å²) in [5, 5.41) is 9.74. The number of fused-ring (bicyclic) bond motifs is 1. The lowest BCUT2D eigenvalue weighted by Crippen LogP contribution is -2.19. The summed E-state index contributed by atoms with van der Waals surface area (Å²) < 4.78 is 1.92. The molecule has 0 bridgehead atoms. The summed E-state index contributed by atoms with van der Waals surface area (Å²) >= 11 is 6.02. The van der Waals surface area contributed by atoms with Crippen molar-refractivity contribution in [1.82, 2.24) is 19.5 Å². The monoisotopic (exact) mass is 279 g/mol. The van der Waals surface area contributed by atoms with E-state index in [1.807, 2.05) is 11.5 Å². The summed E-state index contributed by atoms with van der Waals surface area (Å²) in [5.74, 6) is 0.256. The number of aliphatic hydroxyl groups is 1. The van der Waals surface area contributed by atoms with Gasteiger partial charge in [-0.15, -0.1) is 0 Å². The van der Waals surface area contributed by atoms with Crippen molar-refractivity contribution in [2.75, 3.05) is 12.3 Å². The first-order valence-corrected chi connectivity index (χ1v) is 6.42. The number of rotatable bonds is 2. The Labute approximate surface area is 114 Å². The van der Waals surface area contributed by atoms with Crippen molar-refractivity contribution >= 4 is 28.7 Å². The van der Waals surface area contributed by atoms with Crippen molar-refractivity contribution in [3.8, 4) is 0 Å². The average molecular weight is 280 g/mol. The Hall–Kier alpha value is -1.66. The summed E-state index contributed by atoms with van der Waals surface area (Å²) in [7, 11) is 0. The second-order valence-corrected chi connectivity index (χ2v) is 5.13. The molecule has 0 fully saturated rings. The van der Waals surface area contributed by atoms with Gasteiger partial charge in [-0.1, -0.05) is 23.3 Å². The maximum absolute atomic E-state index is 9.48. The average Bonchev–Trinajstić information content (AvgIpc) is 2.92. The fraction of sp³-hybridized carbons (Fsp3) is 0.417. The van der Waals surface area contributed by atoms with Crippen LogP contribution in [0, 0.1) is 5.92 Å². The van der Waals surface area contributed by atoms with Crippen molar-refractivity contribution in [2.24, 2.45) is 5.92 Å². The first-order valence-electron chi connectivity index (χ1n) is 6.05. The molecule has 0 radical (unpaired) electrons. The summed E-state index contributed by atoms with van der Waals surface area (Å²) in [5.41, 5.74) is 7.97. The number of anilines is 1. The van der Waals surface area contributed by atoms with Gasteiger partial charge >= 0.3 is 0 Å². The van der Waals surface area contributed by atoms with Gasteiger partial charge in [0.25, 0.3) is 0 Å². The van der Waals surface area contributed by atoms with Gasteiger partial charge in [0, 0.05) is 12.5 Å². The molecule has 0 saturated carbocycles. The highest BCUT2D eigenvalue weighted by Crippen LogP contribution is 2.37. The van der Waals surface area contributed by atoms with Crippen molar-refractivity contribution in [2.45, 2.75) is 19.4 Å². The zero-order valence-corrected chi connectivity index (χ0v) is 11.2. The molecule has 0 aliphatic heterocycles. The van der Waals surface area contributed by atoms with E-state index in [2.05, 4.69) is 21.0 Å². The number of nitrogens with two attached hydrogens (primary N) is 1. The maximum atomic E-state index is 9.48. The molecular formula is C12H14ClN5O. The summed E-state index contributed by atoms with van der Waals surface area (Å²) in [6.07, 6.45) is 4.66. The predicted molar refractivity (Wildman–Crippen MR) is 72.7 cm³/mol. The Bertz CT molecular complexity index is 665. The number of halogens is 1. The molecule has 100 valence electrons. The Balaban J connectivity index is 2.18. The minimum atomic E-state index is 0.0420. The molecule has 2 heterocycles. The van der Waals surface area contributed by atoms with Crippen LogP contribution in [-0.4, -0.2) is 31.2 Å². The van der Waals surface area contributed by atoms with E-state index >= 15 is 0 Å². The van der Waals surface area contributed by atoms with Gasteiger partial charge in [0.15, 0.2) is 10.8 Å². The first-order chi connectivity index (χ1) is 9.11. The van der Waals surface area contributed by atoms with Gasteiger partial charge in [-0.05, 0) is 13.3 Å². The second-order valence-electron chi connectivity index (χ2n) is 4.77. The number of aliphatic hydroxyl groups excluding tert-OH is 1. The zero-order chi connectivity index (χ0) is 13.6. The number of hydrogen-bond acceptors (Lipinski definition) is 5. The molecule has 0 amide bonds. The van der Waals surface area contributed by atoms with Gasteiger partial charge in [0.1, 0.15) is 5.52 Å². The number of nitrogen functional groups attached to an aromatic ring is 1. The van der Waals surface area contributed by atoms with Crippen molar-refractivity contribution in [3.05, 3.63) is 23.1 Å². The standard InChI is InChI=1S/C12H14ClN5O/c1-6-2-3-7(4-19)9(6)18-5-15-8-10(13)16-12(14)17-11(8)18/h2,5,7,9,19H,3-4H2,1H3,(H2,14,16,17)/t7-,9-/m1/s1. The molecule has 0 spiro atoms. The van der Waals surface area contributed by atoms with Gasteiger partial charge in [-0.25, -0.2) is 4.98 Å². The third-order valence-corrected chi connectivity index (χ3v) is 3.85. The van der Waals surface area contributed by atoms with Gasteiger partial charge in [0.05, 0.1) is 12.4 Å². The van der Waals surface area contributed by atoms with Crippen LogP contribution in [0.1, 0.15) is 19.4 Å². The number of imidazole rings is 1. The lowest BCUT2D eigenvalue weighted by Gasteiger charge is -2.21. The molecule has 19 heavy (non-hydrogen) atoms. The molecule has 0 saturated heterocycles. The van der Waals surface area contributed by atoms with Crippen LogP contribution in [0.15, 0.2) is 18.0 Å². The van der Waals surface area contributed by atoms with Crippen LogP contribution in [0.4, 0.5) is 5.95 Å². The quantitative estimate of drug-likeness (QED) is 0.643. The molecule has 1 aliphatic carbocycles. The van der Waals surface area contributed by atoms with E-state index in [1.54, 1.807) is 6.33 Å². The second kappa shape index (κ2) is 4.47. The van der Waals surface area contributed by atoms with E-state index in [9.17, 15) is 5.11 Å². The summed E-state index contributed by atoms with van der Waals surface area (Å²) in [4.78, 5) is 12.4. The minimum Gasteiger partial charge on any atom is -0.396 e. The fourth-order valence-corrected chi connectivity index (χ4v) is 2.90. The number of aromatic nitrogens is 4.